The quantitative estimate of drug-likeness (QED) is 0.641. The van der Waals surface area contributed by atoms with Gasteiger partial charge < -0.3 is 9.88 Å². The van der Waals surface area contributed by atoms with E-state index in [1.165, 1.54) is 0 Å². The summed E-state index contributed by atoms with van der Waals surface area (Å²) in [5.41, 5.74) is 2.06. The van der Waals surface area contributed by atoms with Crippen LogP contribution >= 0.6 is 0 Å². The minimum Gasteiger partial charge on any atom is -0.342 e. The third kappa shape index (κ3) is 4.48. The molecule has 154 valence electrons. The molecule has 2 aromatic carbocycles. The average molecular weight is 403 g/mol. The summed E-state index contributed by atoms with van der Waals surface area (Å²) < 4.78 is 0. The molecule has 1 aromatic heterocycles. The largest absolute Gasteiger partial charge is 0.342 e. The van der Waals surface area contributed by atoms with Crippen molar-refractivity contribution in [2.24, 2.45) is 0 Å². The highest BCUT2D eigenvalue weighted by atomic mass is 16.2. The molecule has 2 heterocycles. The Kier molecular flexibility index (Phi) is 6.02. The molecule has 1 N–H and O–H groups in total. The van der Waals surface area contributed by atoms with Crippen molar-refractivity contribution in [2.45, 2.75) is 0 Å². The standard InChI is InChI=1S/C23H25N5O2/c1-26-13-15-27(16-14-26)17-21(29)28(19-5-3-2-4-6-19)20-9-7-18(8-10-20)22(30)23-24-11-12-25-23/h2-12H,13-17H2,1H3,(H,24,25). The van der Waals surface area contributed by atoms with Crippen LogP contribution in [0.25, 0.3) is 0 Å². The Labute approximate surface area is 175 Å². The van der Waals surface area contributed by atoms with Crippen LogP contribution < -0.4 is 4.90 Å². The number of ketones is 1. The molecule has 0 radical (unpaired) electrons. The van der Waals surface area contributed by atoms with Crippen LogP contribution in [-0.2, 0) is 4.79 Å². The molecule has 0 atom stereocenters. The number of carbonyl (C=O) groups is 2. The number of para-hydroxylation sites is 1. The SMILES string of the molecule is CN1CCN(CC(=O)N(c2ccccc2)c2ccc(C(=O)c3ncc[nH]3)cc2)CC1. The Hall–Kier alpha value is -3.29. The number of rotatable bonds is 6. The fourth-order valence-electron chi connectivity index (χ4n) is 3.57. The van der Waals surface area contributed by atoms with Crippen molar-refractivity contribution >= 4 is 23.1 Å². The second kappa shape index (κ2) is 9.02. The minimum absolute atomic E-state index is 0.0101. The van der Waals surface area contributed by atoms with Gasteiger partial charge in [0.05, 0.1) is 6.54 Å². The summed E-state index contributed by atoms with van der Waals surface area (Å²) in [7, 11) is 2.10. The van der Waals surface area contributed by atoms with Gasteiger partial charge >= 0.3 is 0 Å². The molecule has 1 aliphatic rings. The predicted octanol–water partition coefficient (Wildman–Crippen LogP) is 2.55. The summed E-state index contributed by atoms with van der Waals surface area (Å²) in [5.74, 6) is 0.131. The van der Waals surface area contributed by atoms with Crippen molar-refractivity contribution in [3.05, 3.63) is 78.4 Å². The number of nitrogens with one attached hydrogen (secondary N) is 1. The minimum atomic E-state index is -0.179. The number of nitrogens with zero attached hydrogens (tertiary/aromatic N) is 4. The van der Waals surface area contributed by atoms with E-state index in [0.29, 0.717) is 17.9 Å². The number of aromatic amines is 1. The van der Waals surface area contributed by atoms with E-state index >= 15 is 0 Å². The van der Waals surface area contributed by atoms with Crippen LogP contribution in [0, 0.1) is 0 Å². The molecule has 0 unspecified atom stereocenters. The average Bonchev–Trinajstić information content (AvgIpc) is 3.31. The topological polar surface area (TPSA) is 72.5 Å². The maximum atomic E-state index is 13.3. The molecule has 0 spiro atoms. The number of hydrogen-bond acceptors (Lipinski definition) is 5. The van der Waals surface area contributed by atoms with Crippen LogP contribution in [0.5, 0.6) is 0 Å². The van der Waals surface area contributed by atoms with E-state index in [4.69, 9.17) is 0 Å². The maximum Gasteiger partial charge on any atom is 0.245 e. The Morgan fingerprint density at radius 2 is 1.63 bits per heavy atom. The Morgan fingerprint density at radius 3 is 2.27 bits per heavy atom. The van der Waals surface area contributed by atoms with Crippen molar-refractivity contribution in [1.29, 1.82) is 0 Å². The fraction of sp³-hybridized carbons (Fsp3) is 0.261. The highest BCUT2D eigenvalue weighted by molar-refractivity contribution is 6.07. The van der Waals surface area contributed by atoms with Gasteiger partial charge in [-0.1, -0.05) is 18.2 Å². The van der Waals surface area contributed by atoms with Crippen LogP contribution in [-0.4, -0.2) is 71.2 Å². The zero-order valence-corrected chi connectivity index (χ0v) is 17.0. The third-order valence-electron chi connectivity index (χ3n) is 5.32. The van der Waals surface area contributed by atoms with Gasteiger partial charge in [0.25, 0.3) is 0 Å². The molecule has 1 saturated heterocycles. The number of anilines is 2. The summed E-state index contributed by atoms with van der Waals surface area (Å²) >= 11 is 0. The van der Waals surface area contributed by atoms with E-state index in [1.807, 2.05) is 42.5 Å². The number of amides is 1. The number of H-pyrrole nitrogens is 1. The molecule has 1 aliphatic heterocycles. The lowest BCUT2D eigenvalue weighted by Gasteiger charge is -2.33. The van der Waals surface area contributed by atoms with Gasteiger partial charge in [-0.25, -0.2) is 4.98 Å². The van der Waals surface area contributed by atoms with Gasteiger partial charge in [-0.05, 0) is 43.4 Å². The van der Waals surface area contributed by atoms with Crippen LogP contribution in [0.15, 0.2) is 67.0 Å². The first-order valence-corrected chi connectivity index (χ1v) is 10.0. The summed E-state index contributed by atoms with van der Waals surface area (Å²) in [6.07, 6.45) is 3.17. The summed E-state index contributed by atoms with van der Waals surface area (Å²) in [6, 6.07) is 16.7. The van der Waals surface area contributed by atoms with Crippen molar-refractivity contribution in [3.8, 4) is 0 Å². The molecule has 30 heavy (non-hydrogen) atoms. The molecule has 0 saturated carbocycles. The lowest BCUT2D eigenvalue weighted by Crippen LogP contribution is -2.48. The normalized spacial score (nSPS) is 15.1. The second-order valence-electron chi connectivity index (χ2n) is 7.46. The number of imidazole rings is 1. The first kappa shape index (κ1) is 20.0. The lowest BCUT2D eigenvalue weighted by atomic mass is 10.1. The first-order chi connectivity index (χ1) is 14.6. The first-order valence-electron chi connectivity index (χ1n) is 10.0. The smallest absolute Gasteiger partial charge is 0.245 e. The van der Waals surface area contributed by atoms with Crippen LogP contribution in [0.4, 0.5) is 11.4 Å². The number of aromatic nitrogens is 2. The van der Waals surface area contributed by atoms with E-state index in [1.54, 1.807) is 29.4 Å². The van der Waals surface area contributed by atoms with E-state index in [-0.39, 0.29) is 11.7 Å². The Balaban J connectivity index is 1.57. The van der Waals surface area contributed by atoms with Crippen molar-refractivity contribution < 1.29 is 9.59 Å². The van der Waals surface area contributed by atoms with Gasteiger partial charge in [-0.2, -0.15) is 0 Å². The summed E-state index contributed by atoms with van der Waals surface area (Å²) in [4.78, 5) is 38.8. The molecule has 3 aromatic rings. The number of hydrogen-bond donors (Lipinski definition) is 1. The summed E-state index contributed by atoms with van der Waals surface area (Å²) in [5, 5.41) is 0. The highest BCUT2D eigenvalue weighted by Gasteiger charge is 2.23. The number of likely N-dealkylation sites (N-methyl/N-ethyl adjacent to an activating group) is 1. The monoisotopic (exact) mass is 403 g/mol. The van der Waals surface area contributed by atoms with Crippen molar-refractivity contribution in [1.82, 2.24) is 19.8 Å². The number of carbonyl (C=O) groups excluding carboxylic acids is 2. The second-order valence-corrected chi connectivity index (χ2v) is 7.46. The Morgan fingerprint density at radius 1 is 0.967 bits per heavy atom. The maximum absolute atomic E-state index is 13.3. The zero-order chi connectivity index (χ0) is 20.9. The van der Waals surface area contributed by atoms with Crippen LogP contribution in [0.3, 0.4) is 0 Å². The van der Waals surface area contributed by atoms with E-state index < -0.39 is 0 Å². The van der Waals surface area contributed by atoms with Gasteiger partial charge in [0, 0.05) is 55.5 Å². The zero-order valence-electron chi connectivity index (χ0n) is 17.0. The van der Waals surface area contributed by atoms with Gasteiger partial charge in [0.1, 0.15) is 0 Å². The molecule has 4 rings (SSSR count). The fourth-order valence-corrected chi connectivity index (χ4v) is 3.57. The van der Waals surface area contributed by atoms with Crippen LogP contribution in [0.2, 0.25) is 0 Å². The van der Waals surface area contributed by atoms with Gasteiger partial charge in [0.15, 0.2) is 5.82 Å². The van der Waals surface area contributed by atoms with Gasteiger partial charge in [0.2, 0.25) is 11.7 Å². The lowest BCUT2D eigenvalue weighted by molar-refractivity contribution is -0.119. The molecule has 0 aliphatic carbocycles. The molecular weight excluding hydrogens is 378 g/mol. The molecule has 0 bridgehead atoms. The van der Waals surface area contributed by atoms with Crippen molar-refractivity contribution in [2.75, 3.05) is 44.7 Å². The molecule has 7 heteroatoms. The number of piperazine rings is 1. The highest BCUT2D eigenvalue weighted by Crippen LogP contribution is 2.26. The summed E-state index contributed by atoms with van der Waals surface area (Å²) in [6.45, 7) is 4.03. The molecule has 7 nitrogen and oxygen atoms in total. The van der Waals surface area contributed by atoms with E-state index in [2.05, 4.69) is 26.8 Å². The number of benzene rings is 2. The van der Waals surface area contributed by atoms with Gasteiger partial charge in [-0.15, -0.1) is 0 Å². The van der Waals surface area contributed by atoms with Crippen molar-refractivity contribution in [3.63, 3.8) is 0 Å². The molecule has 1 fully saturated rings. The third-order valence-corrected chi connectivity index (χ3v) is 5.32. The molecular formula is C23H25N5O2. The van der Waals surface area contributed by atoms with E-state index in [9.17, 15) is 9.59 Å². The predicted molar refractivity (Wildman–Crippen MR) is 116 cm³/mol. The Bertz CT molecular complexity index is 978. The van der Waals surface area contributed by atoms with Crippen LogP contribution in [0.1, 0.15) is 16.2 Å². The molecule has 1 amide bonds. The van der Waals surface area contributed by atoms with E-state index in [0.717, 1.165) is 37.6 Å². The van der Waals surface area contributed by atoms with Gasteiger partial charge in [-0.3, -0.25) is 19.4 Å².